The van der Waals surface area contributed by atoms with E-state index in [0.717, 1.165) is 25.6 Å². The maximum absolute atomic E-state index is 13.8. The van der Waals surface area contributed by atoms with Crippen LogP contribution in [0.5, 0.6) is 0 Å². The van der Waals surface area contributed by atoms with Crippen molar-refractivity contribution < 1.29 is 27.5 Å². The highest BCUT2D eigenvalue weighted by atomic mass is 32.2. The molecule has 1 N–H and O–H groups in total. The molecule has 44 heavy (non-hydrogen) atoms. The Morgan fingerprint density at radius 3 is 2.20 bits per heavy atom. The van der Waals surface area contributed by atoms with Crippen LogP contribution in [0.2, 0.25) is 0 Å². The van der Waals surface area contributed by atoms with E-state index in [9.17, 15) is 22.8 Å². The molecule has 4 atom stereocenters. The third-order valence-electron chi connectivity index (χ3n) is 9.64. The lowest BCUT2D eigenvalue weighted by atomic mass is 9.81. The summed E-state index contributed by atoms with van der Waals surface area (Å²) < 4.78 is 29.4. The highest BCUT2D eigenvalue weighted by Crippen LogP contribution is 2.45. The SMILES string of the molecule is CC(C)(C)OC(=O)N1C[C@H](CN2C3CCC2CC2(C3)NC(=O)N(Cc3ccc(S(C)(=O)=O)cc3)C2=O)[C@@H](c2ccccc2)C1. The quantitative estimate of drug-likeness (QED) is 0.481. The van der Waals surface area contributed by atoms with Crippen molar-refractivity contribution in [3.05, 3.63) is 65.7 Å². The summed E-state index contributed by atoms with van der Waals surface area (Å²) in [6.07, 6.45) is 3.88. The van der Waals surface area contributed by atoms with Crippen LogP contribution >= 0.6 is 0 Å². The average molecular weight is 623 g/mol. The van der Waals surface area contributed by atoms with Gasteiger partial charge in [-0.2, -0.15) is 0 Å². The number of hydrogen-bond donors (Lipinski definition) is 1. The van der Waals surface area contributed by atoms with Crippen molar-refractivity contribution in [3.8, 4) is 0 Å². The molecule has 1 spiro atoms. The van der Waals surface area contributed by atoms with E-state index in [2.05, 4.69) is 22.3 Å². The normalized spacial score (nSPS) is 29.0. The van der Waals surface area contributed by atoms with Crippen LogP contribution < -0.4 is 5.32 Å². The number of carbonyl (C=O) groups excluding carboxylic acids is 3. The van der Waals surface area contributed by atoms with Crippen molar-refractivity contribution in [3.63, 3.8) is 0 Å². The zero-order valence-electron chi connectivity index (χ0n) is 25.9. The smallest absolute Gasteiger partial charge is 0.410 e. The fourth-order valence-electron chi connectivity index (χ4n) is 7.64. The number of rotatable bonds is 6. The number of fused-ring (bicyclic) bond motifs is 2. The second-order valence-corrected chi connectivity index (χ2v) is 16.0. The van der Waals surface area contributed by atoms with Gasteiger partial charge in [-0.15, -0.1) is 0 Å². The molecule has 0 radical (unpaired) electrons. The number of amides is 4. The molecule has 0 saturated carbocycles. The van der Waals surface area contributed by atoms with Gasteiger partial charge in [0.1, 0.15) is 11.1 Å². The van der Waals surface area contributed by atoms with Gasteiger partial charge >= 0.3 is 12.1 Å². The first-order valence-electron chi connectivity index (χ1n) is 15.4. The van der Waals surface area contributed by atoms with E-state index >= 15 is 0 Å². The lowest BCUT2D eigenvalue weighted by Gasteiger charge is -2.44. The van der Waals surface area contributed by atoms with Crippen molar-refractivity contribution in [2.45, 2.75) is 87.0 Å². The molecule has 0 aliphatic carbocycles. The first-order chi connectivity index (χ1) is 20.7. The van der Waals surface area contributed by atoms with Gasteiger partial charge in [0.05, 0.1) is 11.4 Å². The minimum absolute atomic E-state index is 0.0941. The lowest BCUT2D eigenvalue weighted by Crippen LogP contribution is -2.59. The van der Waals surface area contributed by atoms with Crippen molar-refractivity contribution in [1.29, 1.82) is 0 Å². The van der Waals surface area contributed by atoms with Crippen LogP contribution in [0.3, 0.4) is 0 Å². The molecule has 4 saturated heterocycles. The Morgan fingerprint density at radius 2 is 1.61 bits per heavy atom. The van der Waals surface area contributed by atoms with Crippen molar-refractivity contribution >= 4 is 27.9 Å². The Balaban J connectivity index is 1.16. The molecule has 2 unspecified atom stereocenters. The molecule has 2 bridgehead atoms. The minimum Gasteiger partial charge on any atom is -0.444 e. The number of hydrogen-bond acceptors (Lipinski definition) is 7. The molecule has 10 nitrogen and oxygen atoms in total. The molecule has 11 heteroatoms. The number of likely N-dealkylation sites (tertiary alicyclic amines) is 1. The van der Waals surface area contributed by atoms with Gasteiger partial charge in [-0.25, -0.2) is 18.0 Å². The number of carbonyl (C=O) groups is 3. The molecule has 4 aliphatic rings. The number of imide groups is 1. The Morgan fingerprint density at radius 1 is 0.977 bits per heavy atom. The second kappa shape index (κ2) is 11.2. The molecule has 2 aromatic rings. The van der Waals surface area contributed by atoms with Crippen molar-refractivity contribution in [2.75, 3.05) is 25.9 Å². The number of urea groups is 1. The molecule has 0 aromatic heterocycles. The van der Waals surface area contributed by atoms with Crippen LogP contribution in [0, 0.1) is 5.92 Å². The number of piperidine rings is 1. The van der Waals surface area contributed by atoms with E-state index < -0.39 is 27.0 Å². The van der Waals surface area contributed by atoms with Crippen LogP contribution in [-0.2, 0) is 25.9 Å². The maximum atomic E-state index is 13.8. The Labute approximate surface area is 259 Å². The molecule has 2 aromatic carbocycles. The first kappa shape index (κ1) is 30.6. The van der Waals surface area contributed by atoms with Gasteiger partial charge in [-0.1, -0.05) is 42.5 Å². The van der Waals surface area contributed by atoms with Crippen LogP contribution in [0.1, 0.15) is 63.5 Å². The molecular weight excluding hydrogens is 580 g/mol. The second-order valence-electron chi connectivity index (χ2n) is 14.0. The molecule has 4 aliphatic heterocycles. The van der Waals surface area contributed by atoms with Crippen molar-refractivity contribution in [1.82, 2.24) is 20.0 Å². The van der Waals surface area contributed by atoms with Gasteiger partial charge in [-0.3, -0.25) is 14.6 Å². The summed E-state index contributed by atoms with van der Waals surface area (Å²) in [5, 5.41) is 3.06. The van der Waals surface area contributed by atoms with Gasteiger partial charge in [0, 0.05) is 43.9 Å². The van der Waals surface area contributed by atoms with Crippen LogP contribution in [0.25, 0.3) is 0 Å². The summed E-state index contributed by atoms with van der Waals surface area (Å²) >= 11 is 0. The summed E-state index contributed by atoms with van der Waals surface area (Å²) in [4.78, 5) is 45.8. The zero-order chi connectivity index (χ0) is 31.4. The van der Waals surface area contributed by atoms with Crippen LogP contribution in [0.4, 0.5) is 9.59 Å². The standard InChI is InChI=1S/C33H42N4O6S/c1-32(2,3)43-31(40)35-19-24(28(21-35)23-8-6-5-7-9-23)20-36-25-12-13-26(36)17-33(16-25)29(38)37(30(39)34-33)18-22-10-14-27(15-11-22)44(4,41)42/h5-11,14-15,24-26,28H,12-13,16-21H2,1-4H3,(H,34,39)/t24-,25?,26?,28-,33?/m1/s1. The van der Waals surface area contributed by atoms with E-state index in [0.29, 0.717) is 31.5 Å². The molecule has 4 fully saturated rings. The van der Waals surface area contributed by atoms with E-state index in [4.69, 9.17) is 4.74 Å². The molecule has 4 heterocycles. The predicted molar refractivity (Wildman–Crippen MR) is 165 cm³/mol. The molecular formula is C33H42N4O6S. The first-order valence-corrected chi connectivity index (χ1v) is 17.3. The number of ether oxygens (including phenoxy) is 1. The Bertz CT molecular complexity index is 1520. The number of sulfone groups is 1. The zero-order valence-corrected chi connectivity index (χ0v) is 26.7. The summed E-state index contributed by atoms with van der Waals surface area (Å²) in [6.45, 7) is 7.76. The van der Waals surface area contributed by atoms with E-state index in [1.54, 1.807) is 12.1 Å². The van der Waals surface area contributed by atoms with E-state index in [1.165, 1.54) is 22.6 Å². The summed E-state index contributed by atoms with van der Waals surface area (Å²) in [6, 6.07) is 16.6. The summed E-state index contributed by atoms with van der Waals surface area (Å²) in [5.74, 6) is 0.184. The van der Waals surface area contributed by atoms with E-state index in [1.807, 2.05) is 43.9 Å². The lowest BCUT2D eigenvalue weighted by molar-refractivity contribution is -0.134. The van der Waals surface area contributed by atoms with Gasteiger partial charge in [-0.05, 0) is 75.6 Å². The summed E-state index contributed by atoms with van der Waals surface area (Å²) in [5.41, 5.74) is 0.413. The van der Waals surface area contributed by atoms with Gasteiger partial charge in [0.2, 0.25) is 0 Å². The number of nitrogens with zero attached hydrogens (tertiary/aromatic N) is 3. The average Bonchev–Trinajstić information content (AvgIpc) is 3.55. The monoisotopic (exact) mass is 622 g/mol. The van der Waals surface area contributed by atoms with E-state index in [-0.39, 0.29) is 47.4 Å². The molecule has 236 valence electrons. The minimum atomic E-state index is -3.33. The number of benzene rings is 2. The highest BCUT2D eigenvalue weighted by molar-refractivity contribution is 7.90. The predicted octanol–water partition coefficient (Wildman–Crippen LogP) is 4.16. The number of nitrogens with one attached hydrogen (secondary N) is 1. The third kappa shape index (κ3) is 5.96. The maximum Gasteiger partial charge on any atom is 0.410 e. The summed E-state index contributed by atoms with van der Waals surface area (Å²) in [7, 11) is -3.33. The Kier molecular flexibility index (Phi) is 7.76. The van der Waals surface area contributed by atoms with Gasteiger partial charge in [0.15, 0.2) is 9.84 Å². The largest absolute Gasteiger partial charge is 0.444 e. The van der Waals surface area contributed by atoms with Gasteiger partial charge in [0.25, 0.3) is 5.91 Å². The van der Waals surface area contributed by atoms with Gasteiger partial charge < -0.3 is 15.0 Å². The van der Waals surface area contributed by atoms with Crippen LogP contribution in [-0.4, -0.2) is 90.3 Å². The Hall–Kier alpha value is -3.44. The molecule has 6 rings (SSSR count). The highest BCUT2D eigenvalue weighted by Gasteiger charge is 2.59. The molecule has 4 amide bonds. The fourth-order valence-corrected chi connectivity index (χ4v) is 8.27. The van der Waals surface area contributed by atoms with Crippen molar-refractivity contribution in [2.24, 2.45) is 5.92 Å². The topological polar surface area (TPSA) is 116 Å². The third-order valence-corrected chi connectivity index (χ3v) is 10.8. The fraction of sp³-hybridized carbons (Fsp3) is 0.545. The van der Waals surface area contributed by atoms with Crippen LogP contribution in [0.15, 0.2) is 59.5 Å².